The van der Waals surface area contributed by atoms with Crippen molar-refractivity contribution in [1.82, 2.24) is 10.5 Å². The van der Waals surface area contributed by atoms with E-state index in [2.05, 4.69) is 34.7 Å². The normalized spacial score (nSPS) is 27.7. The number of hydrogen-bond donors (Lipinski definition) is 1. The Kier molecular flexibility index (Phi) is 3.11. The Balaban J connectivity index is 0.00000110. The number of rotatable bonds is 2. The summed E-state index contributed by atoms with van der Waals surface area (Å²) in [5.74, 6) is 3.10. The number of benzene rings is 1. The smallest absolute Gasteiger partial charge is 0.141 e. The lowest BCUT2D eigenvalue weighted by molar-refractivity contribution is 0.388. The van der Waals surface area contributed by atoms with E-state index >= 15 is 0 Å². The summed E-state index contributed by atoms with van der Waals surface area (Å²) in [6.07, 6.45) is 0. The summed E-state index contributed by atoms with van der Waals surface area (Å²) in [5.41, 5.74) is 3.62. The number of fused-ring (bicyclic) bond motifs is 1. The van der Waals surface area contributed by atoms with E-state index in [4.69, 9.17) is 4.52 Å². The number of piperidine rings is 1. The lowest BCUT2D eigenvalue weighted by Gasteiger charge is -2.05. The first-order valence-electron chi connectivity index (χ1n) is 6.58. The molecule has 0 radical (unpaired) electrons. The molecule has 0 spiro atoms. The number of halogens is 1. The SMILES string of the molecule is Cc1onc(C2[C@H]3CNC[C@@H]23)c1-c1ccccc1.Cl. The number of hydrogen-bond acceptors (Lipinski definition) is 3. The van der Waals surface area contributed by atoms with E-state index < -0.39 is 0 Å². The van der Waals surface area contributed by atoms with Gasteiger partial charge in [-0.25, -0.2) is 0 Å². The molecule has 1 aromatic heterocycles. The number of nitrogens with zero attached hydrogens (tertiary/aromatic N) is 1. The highest BCUT2D eigenvalue weighted by molar-refractivity contribution is 5.85. The molecular weight excluding hydrogens is 260 g/mol. The molecule has 1 aromatic carbocycles. The first-order chi connectivity index (χ1) is 8.86. The zero-order valence-corrected chi connectivity index (χ0v) is 11.6. The number of aryl methyl sites for hydroxylation is 1. The van der Waals surface area contributed by atoms with Crippen molar-refractivity contribution in [3.8, 4) is 11.1 Å². The molecule has 19 heavy (non-hydrogen) atoms. The molecule has 100 valence electrons. The van der Waals surface area contributed by atoms with Gasteiger partial charge in [0.05, 0.1) is 5.69 Å². The van der Waals surface area contributed by atoms with Gasteiger partial charge in [-0.3, -0.25) is 0 Å². The van der Waals surface area contributed by atoms with Gasteiger partial charge in [-0.15, -0.1) is 12.4 Å². The predicted octanol–water partition coefficient (Wildman–Crippen LogP) is 3.00. The maximum absolute atomic E-state index is 5.45. The largest absolute Gasteiger partial charge is 0.361 e. The van der Waals surface area contributed by atoms with Crippen LogP contribution in [0.4, 0.5) is 0 Å². The number of nitrogens with one attached hydrogen (secondary N) is 1. The quantitative estimate of drug-likeness (QED) is 0.916. The Morgan fingerprint density at radius 2 is 1.84 bits per heavy atom. The van der Waals surface area contributed by atoms with Crippen LogP contribution in [-0.4, -0.2) is 18.2 Å². The van der Waals surface area contributed by atoms with Crippen LogP contribution in [0.3, 0.4) is 0 Å². The summed E-state index contributed by atoms with van der Waals surface area (Å²) in [6, 6.07) is 10.5. The van der Waals surface area contributed by atoms with Gasteiger partial charge in [0.25, 0.3) is 0 Å². The fraction of sp³-hybridized carbons (Fsp3) is 0.400. The Morgan fingerprint density at radius 1 is 1.16 bits per heavy atom. The minimum Gasteiger partial charge on any atom is -0.361 e. The third kappa shape index (κ3) is 1.88. The molecule has 3 atom stereocenters. The zero-order valence-electron chi connectivity index (χ0n) is 10.8. The van der Waals surface area contributed by atoms with Gasteiger partial charge in [-0.1, -0.05) is 35.5 Å². The summed E-state index contributed by atoms with van der Waals surface area (Å²) in [4.78, 5) is 0. The first kappa shape index (κ1) is 12.7. The van der Waals surface area contributed by atoms with E-state index in [1.54, 1.807) is 0 Å². The highest BCUT2D eigenvalue weighted by atomic mass is 35.5. The van der Waals surface area contributed by atoms with Gasteiger partial charge in [-0.2, -0.15) is 0 Å². The van der Waals surface area contributed by atoms with Gasteiger partial charge in [0.15, 0.2) is 0 Å². The summed E-state index contributed by atoms with van der Waals surface area (Å²) in [5, 5.41) is 7.76. The molecule has 1 saturated carbocycles. The van der Waals surface area contributed by atoms with Crippen molar-refractivity contribution in [2.45, 2.75) is 12.8 Å². The van der Waals surface area contributed by atoms with Gasteiger partial charge in [-0.05, 0) is 37.4 Å². The second-order valence-corrected chi connectivity index (χ2v) is 5.38. The Hall–Kier alpha value is -1.32. The van der Waals surface area contributed by atoms with E-state index in [0.717, 1.165) is 30.7 Å². The van der Waals surface area contributed by atoms with Crippen molar-refractivity contribution in [2.24, 2.45) is 11.8 Å². The van der Waals surface area contributed by atoms with Crippen molar-refractivity contribution in [3.63, 3.8) is 0 Å². The molecule has 4 rings (SSSR count). The molecule has 2 heterocycles. The molecule has 3 nitrogen and oxygen atoms in total. The van der Waals surface area contributed by atoms with Crippen molar-refractivity contribution in [1.29, 1.82) is 0 Å². The molecule has 0 amide bonds. The lowest BCUT2D eigenvalue weighted by Crippen LogP contribution is -2.14. The van der Waals surface area contributed by atoms with E-state index in [0.29, 0.717) is 5.92 Å². The van der Waals surface area contributed by atoms with Gasteiger partial charge in [0, 0.05) is 11.5 Å². The Labute approximate surface area is 118 Å². The summed E-state index contributed by atoms with van der Waals surface area (Å²) in [7, 11) is 0. The van der Waals surface area contributed by atoms with Crippen LogP contribution in [0.25, 0.3) is 11.1 Å². The lowest BCUT2D eigenvalue weighted by atomic mass is 10.00. The molecule has 1 saturated heterocycles. The van der Waals surface area contributed by atoms with Gasteiger partial charge in [0.1, 0.15) is 5.76 Å². The fourth-order valence-electron chi connectivity index (χ4n) is 3.40. The molecule has 2 fully saturated rings. The standard InChI is InChI=1S/C15H16N2O.ClH/c1-9-13(10-5-3-2-4-6-10)15(17-18-9)14-11-7-16-8-12(11)14;/h2-6,11-12,14,16H,7-8H2,1H3;1H/t11-,12+,14?;. The van der Waals surface area contributed by atoms with E-state index in [1.807, 2.05) is 13.0 Å². The maximum Gasteiger partial charge on any atom is 0.141 e. The van der Waals surface area contributed by atoms with Crippen molar-refractivity contribution in [2.75, 3.05) is 13.1 Å². The number of aromatic nitrogens is 1. The summed E-state index contributed by atoms with van der Waals surface area (Å²) < 4.78 is 5.45. The third-order valence-electron chi connectivity index (χ3n) is 4.36. The monoisotopic (exact) mass is 276 g/mol. The summed E-state index contributed by atoms with van der Waals surface area (Å²) >= 11 is 0. The van der Waals surface area contributed by atoms with E-state index in [1.165, 1.54) is 16.8 Å². The van der Waals surface area contributed by atoms with Gasteiger partial charge >= 0.3 is 0 Å². The Bertz CT molecular complexity index is 571. The van der Waals surface area contributed by atoms with Crippen LogP contribution in [0.2, 0.25) is 0 Å². The highest BCUT2D eigenvalue weighted by Crippen LogP contribution is 2.57. The van der Waals surface area contributed by atoms with Crippen LogP contribution in [-0.2, 0) is 0 Å². The van der Waals surface area contributed by atoms with Crippen molar-refractivity contribution >= 4 is 12.4 Å². The van der Waals surface area contributed by atoms with Gasteiger partial charge in [0.2, 0.25) is 0 Å². The molecule has 1 unspecified atom stereocenters. The second kappa shape index (κ2) is 4.66. The average molecular weight is 277 g/mol. The van der Waals surface area contributed by atoms with Crippen molar-refractivity contribution in [3.05, 3.63) is 41.8 Å². The van der Waals surface area contributed by atoms with Crippen LogP contribution in [0.15, 0.2) is 34.9 Å². The first-order valence-corrected chi connectivity index (χ1v) is 6.58. The maximum atomic E-state index is 5.45. The topological polar surface area (TPSA) is 38.1 Å². The predicted molar refractivity (Wildman–Crippen MR) is 76.5 cm³/mol. The summed E-state index contributed by atoms with van der Waals surface area (Å²) in [6.45, 7) is 4.28. The van der Waals surface area contributed by atoms with E-state index in [9.17, 15) is 0 Å². The molecule has 2 aromatic rings. The van der Waals surface area contributed by atoms with Gasteiger partial charge < -0.3 is 9.84 Å². The fourth-order valence-corrected chi connectivity index (χ4v) is 3.40. The minimum absolute atomic E-state index is 0. The molecular formula is C15H17ClN2O. The molecule has 0 bridgehead atoms. The molecule has 1 aliphatic carbocycles. The molecule has 2 aliphatic rings. The van der Waals surface area contributed by atoms with Crippen LogP contribution in [0.5, 0.6) is 0 Å². The minimum atomic E-state index is 0. The third-order valence-corrected chi connectivity index (χ3v) is 4.36. The van der Waals surface area contributed by atoms with Crippen LogP contribution < -0.4 is 5.32 Å². The van der Waals surface area contributed by atoms with E-state index in [-0.39, 0.29) is 12.4 Å². The zero-order chi connectivity index (χ0) is 12.1. The van der Waals surface area contributed by atoms with Crippen molar-refractivity contribution < 1.29 is 4.52 Å². The molecule has 1 N–H and O–H groups in total. The van der Waals surface area contributed by atoms with Crippen LogP contribution in [0.1, 0.15) is 17.4 Å². The second-order valence-electron chi connectivity index (χ2n) is 5.38. The Morgan fingerprint density at radius 3 is 2.53 bits per heavy atom. The highest BCUT2D eigenvalue weighted by Gasteiger charge is 2.55. The average Bonchev–Trinajstić information content (AvgIpc) is 2.79. The molecule has 4 heteroatoms. The van der Waals surface area contributed by atoms with Crippen LogP contribution in [0, 0.1) is 18.8 Å². The van der Waals surface area contributed by atoms with Crippen LogP contribution >= 0.6 is 12.4 Å². The molecule has 1 aliphatic heterocycles.